The summed E-state index contributed by atoms with van der Waals surface area (Å²) in [6, 6.07) is 5.14. The van der Waals surface area contributed by atoms with E-state index in [1.54, 1.807) is 0 Å². The molecule has 1 N–H and O–H groups in total. The molecule has 2 rings (SSSR count). The predicted molar refractivity (Wildman–Crippen MR) is 83.3 cm³/mol. The highest BCUT2D eigenvalue weighted by atomic mass is 32.2. The van der Waals surface area contributed by atoms with Crippen molar-refractivity contribution in [3.63, 3.8) is 0 Å². The number of benzene rings is 1. The van der Waals surface area contributed by atoms with E-state index in [9.17, 15) is 22.8 Å². The minimum atomic E-state index is -3.09. The Balaban J connectivity index is 1.82. The lowest BCUT2D eigenvalue weighted by atomic mass is 10.1. The molecule has 1 amide bonds. The molecule has 1 atom stereocenters. The third kappa shape index (κ3) is 4.79. The second kappa shape index (κ2) is 7.43. The van der Waals surface area contributed by atoms with E-state index in [-0.39, 0.29) is 22.6 Å². The Morgan fingerprint density at radius 3 is 2.21 bits per heavy atom. The number of hydrogen-bond acceptors (Lipinski definition) is 7. The molecule has 1 saturated heterocycles. The van der Waals surface area contributed by atoms with Crippen LogP contribution in [0.2, 0.25) is 0 Å². The van der Waals surface area contributed by atoms with Crippen molar-refractivity contribution in [3.8, 4) is 0 Å². The average molecular weight is 355 g/mol. The van der Waals surface area contributed by atoms with Gasteiger partial charge in [0, 0.05) is 6.04 Å². The molecule has 1 aromatic carbocycles. The topological polar surface area (TPSA) is 116 Å². The van der Waals surface area contributed by atoms with Gasteiger partial charge in [-0.1, -0.05) is 0 Å². The minimum absolute atomic E-state index is 0.0459. The van der Waals surface area contributed by atoms with Crippen molar-refractivity contribution in [2.45, 2.75) is 12.5 Å². The van der Waals surface area contributed by atoms with E-state index in [1.165, 1.54) is 31.4 Å². The highest BCUT2D eigenvalue weighted by Gasteiger charge is 2.29. The van der Waals surface area contributed by atoms with Crippen LogP contribution < -0.4 is 5.32 Å². The second-order valence-electron chi connectivity index (χ2n) is 5.31. The first-order chi connectivity index (χ1) is 11.3. The van der Waals surface area contributed by atoms with E-state index in [0.717, 1.165) is 0 Å². The summed E-state index contributed by atoms with van der Waals surface area (Å²) in [5.74, 6) is -1.86. The molecule has 1 aromatic rings. The number of carbonyl (C=O) groups is 3. The maximum atomic E-state index is 11.8. The molecule has 1 aliphatic heterocycles. The SMILES string of the molecule is COC(=O)c1ccc(C(=O)OCC(=O)NC2CCS(=O)(=O)C2)cc1. The third-order valence-electron chi connectivity index (χ3n) is 3.47. The maximum absolute atomic E-state index is 11.8. The van der Waals surface area contributed by atoms with E-state index < -0.39 is 40.3 Å². The Hall–Kier alpha value is -2.42. The molecule has 8 nitrogen and oxygen atoms in total. The van der Waals surface area contributed by atoms with E-state index in [1.807, 2.05) is 0 Å². The van der Waals surface area contributed by atoms with E-state index >= 15 is 0 Å². The first-order valence-electron chi connectivity index (χ1n) is 7.16. The summed E-state index contributed by atoms with van der Waals surface area (Å²) in [6.07, 6.45) is 0.358. The first-order valence-corrected chi connectivity index (χ1v) is 8.98. The van der Waals surface area contributed by atoms with E-state index in [4.69, 9.17) is 4.74 Å². The molecule has 130 valence electrons. The summed E-state index contributed by atoms with van der Waals surface area (Å²) in [7, 11) is -1.84. The van der Waals surface area contributed by atoms with Crippen molar-refractivity contribution in [3.05, 3.63) is 35.4 Å². The van der Waals surface area contributed by atoms with Crippen LogP contribution in [0.1, 0.15) is 27.1 Å². The van der Waals surface area contributed by atoms with Gasteiger partial charge in [0.1, 0.15) is 0 Å². The summed E-state index contributed by atoms with van der Waals surface area (Å²) in [5, 5.41) is 2.52. The van der Waals surface area contributed by atoms with E-state index in [0.29, 0.717) is 6.42 Å². The molecule has 0 aromatic heterocycles. The average Bonchev–Trinajstić information content (AvgIpc) is 2.90. The van der Waals surface area contributed by atoms with Gasteiger partial charge in [0.05, 0.1) is 29.7 Å². The van der Waals surface area contributed by atoms with Crippen LogP contribution in [0.4, 0.5) is 0 Å². The largest absolute Gasteiger partial charge is 0.465 e. The lowest BCUT2D eigenvalue weighted by molar-refractivity contribution is -0.124. The lowest BCUT2D eigenvalue weighted by Crippen LogP contribution is -2.38. The molecule has 24 heavy (non-hydrogen) atoms. The number of amides is 1. The van der Waals surface area contributed by atoms with Crippen molar-refractivity contribution in [1.29, 1.82) is 0 Å². The van der Waals surface area contributed by atoms with Gasteiger partial charge in [0.2, 0.25) is 0 Å². The van der Waals surface area contributed by atoms with Crippen LogP contribution in [0.3, 0.4) is 0 Å². The van der Waals surface area contributed by atoms with Crippen LogP contribution in [0, 0.1) is 0 Å². The number of ether oxygens (including phenoxy) is 2. The summed E-state index contributed by atoms with van der Waals surface area (Å²) < 4.78 is 32.0. The molecule has 0 radical (unpaired) electrons. The Kier molecular flexibility index (Phi) is 5.55. The normalized spacial score (nSPS) is 18.6. The smallest absolute Gasteiger partial charge is 0.338 e. The number of methoxy groups -OCH3 is 1. The third-order valence-corrected chi connectivity index (χ3v) is 5.24. The molecule has 0 spiro atoms. The quantitative estimate of drug-likeness (QED) is 0.735. The van der Waals surface area contributed by atoms with Crippen molar-refractivity contribution in [2.75, 3.05) is 25.2 Å². The summed E-state index contributed by atoms with van der Waals surface area (Å²) >= 11 is 0. The molecule has 0 bridgehead atoms. The number of nitrogens with one attached hydrogen (secondary N) is 1. The first kappa shape index (κ1) is 17.9. The zero-order valence-electron chi connectivity index (χ0n) is 13.0. The zero-order chi connectivity index (χ0) is 17.7. The predicted octanol–water partition coefficient (Wildman–Crippen LogP) is -0.0667. The number of hydrogen-bond donors (Lipinski definition) is 1. The maximum Gasteiger partial charge on any atom is 0.338 e. The fourth-order valence-corrected chi connectivity index (χ4v) is 3.93. The summed E-state index contributed by atoms with van der Waals surface area (Å²) in [4.78, 5) is 34.8. The van der Waals surface area contributed by atoms with Crippen molar-refractivity contribution in [1.82, 2.24) is 5.32 Å². The van der Waals surface area contributed by atoms with Gasteiger partial charge >= 0.3 is 11.9 Å². The van der Waals surface area contributed by atoms with Gasteiger partial charge in [-0.25, -0.2) is 18.0 Å². The fourth-order valence-electron chi connectivity index (χ4n) is 2.25. The van der Waals surface area contributed by atoms with E-state index in [2.05, 4.69) is 10.1 Å². The van der Waals surface area contributed by atoms with Crippen LogP contribution in [-0.4, -0.2) is 57.5 Å². The summed E-state index contributed by atoms with van der Waals surface area (Å²) in [5.41, 5.74) is 0.466. The van der Waals surface area contributed by atoms with Gasteiger partial charge in [-0.2, -0.15) is 0 Å². The van der Waals surface area contributed by atoms with Crippen LogP contribution in [0.15, 0.2) is 24.3 Å². The van der Waals surface area contributed by atoms with Gasteiger partial charge in [-0.15, -0.1) is 0 Å². The van der Waals surface area contributed by atoms with Gasteiger partial charge in [0.15, 0.2) is 16.4 Å². The van der Waals surface area contributed by atoms with Gasteiger partial charge < -0.3 is 14.8 Å². The van der Waals surface area contributed by atoms with Crippen molar-refractivity contribution in [2.24, 2.45) is 0 Å². The molecular weight excluding hydrogens is 338 g/mol. The molecule has 1 unspecified atom stereocenters. The molecule has 1 aliphatic rings. The molecule has 0 aliphatic carbocycles. The standard InChI is InChI=1S/C15H17NO7S/c1-22-14(18)10-2-4-11(5-3-10)15(19)23-8-13(17)16-12-6-7-24(20,21)9-12/h2-5,12H,6-9H2,1H3,(H,16,17). The monoisotopic (exact) mass is 355 g/mol. The van der Waals surface area contributed by atoms with Crippen LogP contribution in [0.5, 0.6) is 0 Å². The highest BCUT2D eigenvalue weighted by molar-refractivity contribution is 7.91. The highest BCUT2D eigenvalue weighted by Crippen LogP contribution is 2.11. The van der Waals surface area contributed by atoms with Crippen molar-refractivity contribution >= 4 is 27.7 Å². The number of sulfone groups is 1. The number of esters is 2. The Morgan fingerprint density at radius 1 is 1.12 bits per heavy atom. The van der Waals surface area contributed by atoms with Gasteiger partial charge in [-0.3, -0.25) is 4.79 Å². The van der Waals surface area contributed by atoms with Crippen LogP contribution in [-0.2, 0) is 24.1 Å². The molecule has 9 heteroatoms. The van der Waals surface area contributed by atoms with Gasteiger partial charge in [0.25, 0.3) is 5.91 Å². The van der Waals surface area contributed by atoms with Crippen LogP contribution in [0.25, 0.3) is 0 Å². The Morgan fingerprint density at radius 2 is 1.71 bits per heavy atom. The Labute approximate surface area is 139 Å². The van der Waals surface area contributed by atoms with Crippen molar-refractivity contribution < 1.29 is 32.3 Å². The molecule has 1 fully saturated rings. The number of carbonyl (C=O) groups excluding carboxylic acids is 3. The molecular formula is C15H17NO7S. The molecule has 1 heterocycles. The lowest BCUT2D eigenvalue weighted by Gasteiger charge is -2.11. The summed E-state index contributed by atoms with van der Waals surface area (Å²) in [6.45, 7) is -0.506. The number of rotatable bonds is 5. The Bertz CT molecular complexity index is 740. The fraction of sp³-hybridized carbons (Fsp3) is 0.400. The second-order valence-corrected chi connectivity index (χ2v) is 7.54. The molecule has 0 saturated carbocycles. The van der Waals surface area contributed by atoms with Gasteiger partial charge in [-0.05, 0) is 30.7 Å². The zero-order valence-corrected chi connectivity index (χ0v) is 13.8. The van der Waals surface area contributed by atoms with Crippen LogP contribution >= 0.6 is 0 Å². The minimum Gasteiger partial charge on any atom is -0.465 e.